The number of allylic oxidation sites excluding steroid dienone is 1. The van der Waals surface area contributed by atoms with Crippen LogP contribution in [0.1, 0.15) is 92.4 Å². The van der Waals surface area contributed by atoms with Gasteiger partial charge in [-0.15, -0.1) is 0 Å². The van der Waals surface area contributed by atoms with Gasteiger partial charge in [0.25, 0.3) is 0 Å². The number of rotatable bonds is 3. The zero-order valence-corrected chi connectivity index (χ0v) is 20.9. The fourth-order valence-electron chi connectivity index (χ4n) is 9.48. The van der Waals surface area contributed by atoms with Gasteiger partial charge in [-0.3, -0.25) is 0 Å². The second-order valence-corrected chi connectivity index (χ2v) is 13.3. The Balaban J connectivity index is 1.34. The van der Waals surface area contributed by atoms with Crippen molar-refractivity contribution in [3.8, 4) is 0 Å². The SMILES string of the molecule is CC(C1CC(C(C)(C)O)C(O)O1)C1CCC2C3CC=C4CC(O)CCC4(C)C3CCC12C. The molecule has 11 unspecified atom stereocenters. The number of hydrogen-bond donors (Lipinski definition) is 3. The second kappa shape index (κ2) is 7.80. The molecular formula is C28H46O4. The summed E-state index contributed by atoms with van der Waals surface area (Å²) >= 11 is 0. The largest absolute Gasteiger partial charge is 0.393 e. The summed E-state index contributed by atoms with van der Waals surface area (Å²) in [6, 6.07) is 0. The Bertz CT molecular complexity index is 755. The third-order valence-electron chi connectivity index (χ3n) is 11.4. The Labute approximate surface area is 194 Å². The zero-order chi connectivity index (χ0) is 23.1. The highest BCUT2D eigenvalue weighted by molar-refractivity contribution is 5.25. The standard InChI is InChI=1S/C28H46O4/c1-16(24-15-23(25(30)32-24)26(2,3)31)20-8-9-21-19-7-6-17-14-18(29)10-12-27(17,4)22(19)11-13-28(20,21)5/h6,16,18-25,29-31H,7-15H2,1-5H3. The molecule has 0 aromatic heterocycles. The molecule has 5 aliphatic rings. The first-order chi connectivity index (χ1) is 14.9. The van der Waals surface area contributed by atoms with Crippen molar-refractivity contribution in [1.29, 1.82) is 0 Å². The molecule has 0 bridgehead atoms. The molecule has 1 heterocycles. The number of hydrogen-bond acceptors (Lipinski definition) is 4. The summed E-state index contributed by atoms with van der Waals surface area (Å²) in [5.74, 6) is 3.13. The van der Waals surface area contributed by atoms with E-state index >= 15 is 0 Å². The van der Waals surface area contributed by atoms with Crippen molar-refractivity contribution in [2.45, 2.75) is 117 Å². The highest BCUT2D eigenvalue weighted by Gasteiger charge is 2.60. The molecule has 3 saturated carbocycles. The minimum atomic E-state index is -0.913. The van der Waals surface area contributed by atoms with Crippen LogP contribution in [0.2, 0.25) is 0 Å². The van der Waals surface area contributed by atoms with Gasteiger partial charge in [-0.05, 0) is 112 Å². The van der Waals surface area contributed by atoms with Gasteiger partial charge in [0.15, 0.2) is 6.29 Å². The van der Waals surface area contributed by atoms with Gasteiger partial charge in [-0.2, -0.15) is 0 Å². The van der Waals surface area contributed by atoms with E-state index in [1.807, 2.05) is 0 Å². The van der Waals surface area contributed by atoms with Crippen LogP contribution >= 0.6 is 0 Å². The first kappa shape index (κ1) is 23.3. The van der Waals surface area contributed by atoms with Crippen LogP contribution < -0.4 is 0 Å². The molecule has 4 nitrogen and oxygen atoms in total. The summed E-state index contributed by atoms with van der Waals surface area (Å²) in [6.07, 6.45) is 11.7. The Morgan fingerprint density at radius 1 is 1.06 bits per heavy atom. The van der Waals surface area contributed by atoms with Crippen LogP contribution in [0.3, 0.4) is 0 Å². The smallest absolute Gasteiger partial charge is 0.160 e. The van der Waals surface area contributed by atoms with Crippen LogP contribution in [-0.2, 0) is 4.74 Å². The fraction of sp³-hybridized carbons (Fsp3) is 0.929. The molecule has 0 aromatic rings. The quantitative estimate of drug-likeness (QED) is 0.530. The van der Waals surface area contributed by atoms with E-state index in [9.17, 15) is 15.3 Å². The predicted molar refractivity (Wildman–Crippen MR) is 126 cm³/mol. The molecule has 0 spiro atoms. The molecule has 0 aromatic carbocycles. The average molecular weight is 447 g/mol. The molecule has 1 aliphatic heterocycles. The molecule has 5 rings (SSSR count). The van der Waals surface area contributed by atoms with Crippen LogP contribution in [0.5, 0.6) is 0 Å². The Kier molecular flexibility index (Phi) is 5.68. The fourth-order valence-corrected chi connectivity index (χ4v) is 9.48. The molecule has 182 valence electrons. The summed E-state index contributed by atoms with van der Waals surface area (Å²) in [6.45, 7) is 11.0. The van der Waals surface area contributed by atoms with E-state index in [1.165, 1.54) is 32.1 Å². The minimum Gasteiger partial charge on any atom is -0.393 e. The summed E-state index contributed by atoms with van der Waals surface area (Å²) in [4.78, 5) is 0. The van der Waals surface area contributed by atoms with E-state index in [0.717, 1.165) is 43.4 Å². The van der Waals surface area contributed by atoms with Crippen LogP contribution in [0.25, 0.3) is 0 Å². The lowest BCUT2D eigenvalue weighted by Gasteiger charge is -2.58. The second-order valence-electron chi connectivity index (χ2n) is 13.3. The monoisotopic (exact) mass is 446 g/mol. The van der Waals surface area contributed by atoms with E-state index in [2.05, 4.69) is 26.8 Å². The van der Waals surface area contributed by atoms with Crippen molar-refractivity contribution >= 4 is 0 Å². The molecule has 1 saturated heterocycles. The highest BCUT2D eigenvalue weighted by atomic mass is 16.6. The summed E-state index contributed by atoms with van der Waals surface area (Å²) in [7, 11) is 0. The van der Waals surface area contributed by atoms with Crippen molar-refractivity contribution in [2.24, 2.45) is 46.3 Å². The van der Waals surface area contributed by atoms with Crippen molar-refractivity contribution in [1.82, 2.24) is 0 Å². The number of fused-ring (bicyclic) bond motifs is 5. The third-order valence-corrected chi connectivity index (χ3v) is 11.4. The molecule has 4 aliphatic carbocycles. The Morgan fingerprint density at radius 2 is 1.81 bits per heavy atom. The summed E-state index contributed by atoms with van der Waals surface area (Å²) in [5, 5.41) is 31.2. The maximum Gasteiger partial charge on any atom is 0.160 e. The van der Waals surface area contributed by atoms with Crippen molar-refractivity contribution < 1.29 is 20.1 Å². The number of aliphatic hydroxyl groups is 3. The maximum atomic E-state index is 10.5. The molecular weight excluding hydrogens is 400 g/mol. The lowest BCUT2D eigenvalue weighted by Crippen LogP contribution is -2.51. The third kappa shape index (κ3) is 3.46. The van der Waals surface area contributed by atoms with Gasteiger partial charge in [0.2, 0.25) is 0 Å². The average Bonchev–Trinajstić information content (AvgIpc) is 3.28. The van der Waals surface area contributed by atoms with Crippen LogP contribution in [0, 0.1) is 46.3 Å². The van der Waals surface area contributed by atoms with Crippen molar-refractivity contribution in [2.75, 3.05) is 0 Å². The van der Waals surface area contributed by atoms with Crippen molar-refractivity contribution in [3.05, 3.63) is 11.6 Å². The number of ether oxygens (including phenoxy) is 1. The van der Waals surface area contributed by atoms with Gasteiger partial charge in [0.1, 0.15) is 0 Å². The molecule has 4 fully saturated rings. The van der Waals surface area contributed by atoms with E-state index in [4.69, 9.17) is 4.74 Å². The molecule has 4 heteroatoms. The minimum absolute atomic E-state index is 0.0370. The van der Waals surface area contributed by atoms with E-state index < -0.39 is 11.9 Å². The Morgan fingerprint density at radius 3 is 2.50 bits per heavy atom. The first-order valence-corrected chi connectivity index (χ1v) is 13.4. The molecule has 3 N–H and O–H groups in total. The van der Waals surface area contributed by atoms with Gasteiger partial charge in [0.05, 0.1) is 17.8 Å². The van der Waals surface area contributed by atoms with Gasteiger partial charge in [-0.25, -0.2) is 0 Å². The van der Waals surface area contributed by atoms with Gasteiger partial charge in [-0.1, -0.05) is 32.4 Å². The topological polar surface area (TPSA) is 69.9 Å². The van der Waals surface area contributed by atoms with E-state index in [1.54, 1.807) is 19.4 Å². The van der Waals surface area contributed by atoms with Crippen LogP contribution in [0.4, 0.5) is 0 Å². The number of aliphatic hydroxyl groups excluding tert-OH is 2. The van der Waals surface area contributed by atoms with Crippen LogP contribution in [0.15, 0.2) is 11.6 Å². The Hall–Kier alpha value is -0.420. The first-order valence-electron chi connectivity index (χ1n) is 13.4. The van der Waals surface area contributed by atoms with Crippen LogP contribution in [-0.4, -0.2) is 39.4 Å². The van der Waals surface area contributed by atoms with E-state index in [0.29, 0.717) is 22.7 Å². The summed E-state index contributed by atoms with van der Waals surface area (Å²) < 4.78 is 6.07. The van der Waals surface area contributed by atoms with Gasteiger partial charge < -0.3 is 20.1 Å². The summed E-state index contributed by atoms with van der Waals surface area (Å²) in [5.41, 5.74) is 1.28. The predicted octanol–water partition coefficient (Wildman–Crippen LogP) is 5.06. The van der Waals surface area contributed by atoms with E-state index in [-0.39, 0.29) is 18.1 Å². The zero-order valence-electron chi connectivity index (χ0n) is 20.9. The van der Waals surface area contributed by atoms with Gasteiger partial charge in [0, 0.05) is 5.92 Å². The lowest BCUT2D eigenvalue weighted by molar-refractivity contribution is -0.154. The highest BCUT2D eigenvalue weighted by Crippen LogP contribution is 2.67. The molecule has 32 heavy (non-hydrogen) atoms. The normalized spacial score (nSPS) is 52.1. The maximum absolute atomic E-state index is 10.5. The molecule has 11 atom stereocenters. The molecule has 0 amide bonds. The van der Waals surface area contributed by atoms with Gasteiger partial charge >= 0.3 is 0 Å². The van der Waals surface area contributed by atoms with Crippen molar-refractivity contribution in [3.63, 3.8) is 0 Å². The molecule has 0 radical (unpaired) electrons. The lowest BCUT2D eigenvalue weighted by atomic mass is 9.47.